The van der Waals surface area contributed by atoms with E-state index < -0.39 is 5.82 Å². The summed E-state index contributed by atoms with van der Waals surface area (Å²) in [6.45, 7) is 3.65. The molecule has 1 aliphatic carbocycles. The van der Waals surface area contributed by atoms with Gasteiger partial charge in [-0.1, -0.05) is 12.1 Å². The van der Waals surface area contributed by atoms with Crippen molar-refractivity contribution in [1.29, 1.82) is 0 Å². The second-order valence-corrected chi connectivity index (χ2v) is 9.93. The van der Waals surface area contributed by atoms with Gasteiger partial charge in [0.2, 0.25) is 11.9 Å². The van der Waals surface area contributed by atoms with Crippen LogP contribution in [0.2, 0.25) is 0 Å². The number of carbonyl (C=O) groups excluding carboxylic acids is 1. The van der Waals surface area contributed by atoms with E-state index in [1.165, 1.54) is 17.2 Å². The first-order chi connectivity index (χ1) is 17.5. The zero-order valence-corrected chi connectivity index (χ0v) is 20.6. The molecule has 1 N–H and O–H groups in total. The molecule has 3 heterocycles. The molecule has 5 rings (SSSR count). The molecule has 7 nitrogen and oxygen atoms in total. The summed E-state index contributed by atoms with van der Waals surface area (Å²) in [6.07, 6.45) is 9.72. The molecule has 1 aromatic carbocycles. The van der Waals surface area contributed by atoms with Crippen molar-refractivity contribution in [2.24, 2.45) is 5.92 Å². The highest BCUT2D eigenvalue weighted by atomic mass is 19.1. The highest BCUT2D eigenvalue weighted by Gasteiger charge is 2.30. The molecule has 1 saturated carbocycles. The third-order valence-corrected chi connectivity index (χ3v) is 7.29. The number of aryl methyl sites for hydroxylation is 1. The summed E-state index contributed by atoms with van der Waals surface area (Å²) in [4.78, 5) is 35.9. The van der Waals surface area contributed by atoms with Crippen LogP contribution in [-0.4, -0.2) is 44.5 Å². The Morgan fingerprint density at radius 1 is 1.06 bits per heavy atom. The number of benzene rings is 1. The molecular formula is C28H32FN5O2. The number of halogens is 1. The summed E-state index contributed by atoms with van der Waals surface area (Å²) in [5.41, 5.74) is 2.13. The molecule has 2 fully saturated rings. The van der Waals surface area contributed by atoms with Crippen molar-refractivity contribution in [2.45, 2.75) is 57.9 Å². The number of nitrogens with one attached hydrogen (secondary N) is 1. The molecule has 0 spiro atoms. The van der Waals surface area contributed by atoms with Crippen LogP contribution in [0.15, 0.2) is 53.6 Å². The molecule has 1 aliphatic heterocycles. The minimum Gasteiger partial charge on any atom is -0.351 e. The van der Waals surface area contributed by atoms with Crippen LogP contribution in [0.4, 0.5) is 10.3 Å². The fraction of sp³-hybridized carbons (Fsp3) is 0.429. The van der Waals surface area contributed by atoms with E-state index in [0.29, 0.717) is 23.1 Å². The summed E-state index contributed by atoms with van der Waals surface area (Å²) >= 11 is 0. The molecule has 1 saturated heterocycles. The topological polar surface area (TPSA) is 80.1 Å². The van der Waals surface area contributed by atoms with Gasteiger partial charge in [0.25, 0.3) is 5.56 Å². The summed E-state index contributed by atoms with van der Waals surface area (Å²) in [7, 11) is 0. The summed E-state index contributed by atoms with van der Waals surface area (Å²) in [6, 6.07) is 10.7. The maximum Gasteiger partial charge on any atom is 0.255 e. The Bertz CT molecular complexity index is 1290. The smallest absolute Gasteiger partial charge is 0.255 e. The molecule has 3 aromatic rings. The number of aromatic nitrogens is 3. The Kier molecular flexibility index (Phi) is 7.11. The molecule has 2 aliphatic rings. The van der Waals surface area contributed by atoms with Crippen LogP contribution < -0.4 is 10.9 Å². The zero-order valence-electron chi connectivity index (χ0n) is 20.6. The SMILES string of the molecule is Cc1ccn(-c2cccc(-c3nc(NC4CCC(C(=O)N5CCCCC5)CC4)ncc3F)c2)c(=O)c1. The Morgan fingerprint density at radius 3 is 2.58 bits per heavy atom. The van der Waals surface area contributed by atoms with Crippen LogP contribution in [0.5, 0.6) is 0 Å². The highest BCUT2D eigenvalue weighted by molar-refractivity contribution is 5.79. The van der Waals surface area contributed by atoms with Crippen molar-refractivity contribution in [3.8, 4) is 16.9 Å². The van der Waals surface area contributed by atoms with Gasteiger partial charge in [0.1, 0.15) is 5.69 Å². The third kappa shape index (κ3) is 5.32. The summed E-state index contributed by atoms with van der Waals surface area (Å²) in [5, 5.41) is 3.35. The zero-order chi connectivity index (χ0) is 25.1. The normalized spacial score (nSPS) is 20.2. The van der Waals surface area contributed by atoms with Crippen LogP contribution in [-0.2, 0) is 4.79 Å². The molecule has 0 bridgehead atoms. The molecule has 36 heavy (non-hydrogen) atoms. The van der Waals surface area contributed by atoms with E-state index in [0.717, 1.165) is 57.2 Å². The number of hydrogen-bond acceptors (Lipinski definition) is 5. The standard InChI is InChI=1S/C28H32FN5O2/c1-19-12-15-34(25(35)16-19)23-7-5-6-21(17-23)26-24(29)18-30-28(32-26)31-22-10-8-20(9-11-22)27(36)33-13-3-2-4-14-33/h5-7,12,15-18,20,22H,2-4,8-11,13-14H2,1H3,(H,30,31,32). The van der Waals surface area contributed by atoms with Gasteiger partial charge in [-0.3, -0.25) is 14.2 Å². The molecular weight excluding hydrogens is 457 g/mol. The minimum atomic E-state index is -0.523. The quantitative estimate of drug-likeness (QED) is 0.561. The number of anilines is 1. The minimum absolute atomic E-state index is 0.0961. The van der Waals surface area contributed by atoms with E-state index >= 15 is 0 Å². The number of likely N-dealkylation sites (tertiary alicyclic amines) is 1. The number of nitrogens with zero attached hydrogens (tertiary/aromatic N) is 4. The van der Waals surface area contributed by atoms with Gasteiger partial charge >= 0.3 is 0 Å². The van der Waals surface area contributed by atoms with E-state index in [1.807, 2.05) is 24.0 Å². The number of carbonyl (C=O) groups is 1. The number of hydrogen-bond donors (Lipinski definition) is 1. The molecule has 0 unspecified atom stereocenters. The largest absolute Gasteiger partial charge is 0.351 e. The Hall–Kier alpha value is -3.55. The van der Waals surface area contributed by atoms with Gasteiger partial charge in [0.15, 0.2) is 5.82 Å². The molecule has 188 valence electrons. The molecule has 0 atom stereocenters. The molecule has 1 amide bonds. The lowest BCUT2D eigenvalue weighted by molar-refractivity contribution is -0.137. The van der Waals surface area contributed by atoms with Crippen molar-refractivity contribution in [3.63, 3.8) is 0 Å². The van der Waals surface area contributed by atoms with Gasteiger partial charge in [-0.25, -0.2) is 14.4 Å². The Morgan fingerprint density at radius 2 is 1.83 bits per heavy atom. The number of amides is 1. The van der Waals surface area contributed by atoms with Gasteiger partial charge in [0.05, 0.1) is 6.20 Å². The van der Waals surface area contributed by atoms with Crippen LogP contribution in [0, 0.1) is 18.7 Å². The van der Waals surface area contributed by atoms with E-state index in [-0.39, 0.29) is 23.2 Å². The van der Waals surface area contributed by atoms with E-state index in [9.17, 15) is 14.0 Å². The monoisotopic (exact) mass is 489 g/mol. The molecule has 2 aromatic heterocycles. The van der Waals surface area contributed by atoms with Crippen LogP contribution in [0.25, 0.3) is 16.9 Å². The van der Waals surface area contributed by atoms with E-state index in [1.54, 1.807) is 30.5 Å². The molecule has 8 heteroatoms. The highest BCUT2D eigenvalue weighted by Crippen LogP contribution is 2.29. The van der Waals surface area contributed by atoms with Gasteiger partial charge < -0.3 is 10.2 Å². The Balaban J connectivity index is 1.27. The lowest BCUT2D eigenvalue weighted by Crippen LogP contribution is -2.41. The van der Waals surface area contributed by atoms with Crippen molar-refractivity contribution in [1.82, 2.24) is 19.4 Å². The van der Waals surface area contributed by atoms with Crippen LogP contribution in [0.1, 0.15) is 50.5 Å². The van der Waals surface area contributed by atoms with Crippen molar-refractivity contribution >= 4 is 11.9 Å². The number of piperidine rings is 1. The average molecular weight is 490 g/mol. The lowest BCUT2D eigenvalue weighted by Gasteiger charge is -2.34. The van der Waals surface area contributed by atoms with Crippen LogP contribution in [0.3, 0.4) is 0 Å². The van der Waals surface area contributed by atoms with Gasteiger partial charge in [0, 0.05) is 48.6 Å². The second-order valence-electron chi connectivity index (χ2n) is 9.93. The van der Waals surface area contributed by atoms with E-state index in [2.05, 4.69) is 15.3 Å². The number of pyridine rings is 1. The van der Waals surface area contributed by atoms with Gasteiger partial charge in [-0.05, 0) is 75.6 Å². The molecule has 0 radical (unpaired) electrons. The fourth-order valence-electron chi connectivity index (χ4n) is 5.27. The van der Waals surface area contributed by atoms with Crippen molar-refractivity contribution in [3.05, 3.63) is 70.5 Å². The number of rotatable bonds is 5. The predicted molar refractivity (Wildman–Crippen MR) is 138 cm³/mol. The van der Waals surface area contributed by atoms with Crippen molar-refractivity contribution < 1.29 is 9.18 Å². The lowest BCUT2D eigenvalue weighted by atomic mass is 9.85. The fourth-order valence-corrected chi connectivity index (χ4v) is 5.27. The first-order valence-electron chi connectivity index (χ1n) is 12.9. The maximum atomic E-state index is 14.8. The first-order valence-corrected chi connectivity index (χ1v) is 12.9. The average Bonchev–Trinajstić information content (AvgIpc) is 2.90. The van der Waals surface area contributed by atoms with Crippen LogP contribution >= 0.6 is 0 Å². The maximum absolute atomic E-state index is 14.8. The van der Waals surface area contributed by atoms with Crippen molar-refractivity contribution in [2.75, 3.05) is 18.4 Å². The summed E-state index contributed by atoms with van der Waals surface area (Å²) < 4.78 is 16.3. The third-order valence-electron chi connectivity index (χ3n) is 7.29. The van der Waals surface area contributed by atoms with E-state index in [4.69, 9.17) is 0 Å². The predicted octanol–water partition coefficient (Wildman–Crippen LogP) is 4.73. The van der Waals surface area contributed by atoms with Gasteiger partial charge in [-0.2, -0.15) is 0 Å². The van der Waals surface area contributed by atoms with Gasteiger partial charge in [-0.15, -0.1) is 0 Å². The Labute approximate surface area is 210 Å². The summed E-state index contributed by atoms with van der Waals surface area (Å²) in [5.74, 6) is 0.250. The first kappa shape index (κ1) is 24.2. The second kappa shape index (κ2) is 10.6.